The number of nitrogens with one attached hydrogen (secondary N) is 2. The van der Waals surface area contributed by atoms with Crippen LogP contribution in [-0.4, -0.2) is 15.6 Å². The number of carbonyl (C=O) groups excluding carboxylic acids is 1. The van der Waals surface area contributed by atoms with Crippen LogP contribution in [0, 0.1) is 11.6 Å². The zero-order chi connectivity index (χ0) is 17.8. The number of benzene rings is 1. The van der Waals surface area contributed by atoms with Crippen molar-refractivity contribution in [3.05, 3.63) is 53.1 Å². The highest BCUT2D eigenvalue weighted by Crippen LogP contribution is 2.21. The summed E-state index contributed by atoms with van der Waals surface area (Å²) in [7, 11) is 0. The first kappa shape index (κ1) is 17.4. The third-order valence-corrected chi connectivity index (χ3v) is 4.44. The van der Waals surface area contributed by atoms with Gasteiger partial charge in [0.2, 0.25) is 0 Å². The first-order valence-corrected chi connectivity index (χ1v) is 8.61. The average molecular weight is 348 g/mol. The van der Waals surface area contributed by atoms with Crippen molar-refractivity contribution in [2.24, 2.45) is 0 Å². The van der Waals surface area contributed by atoms with E-state index in [1.165, 1.54) is 12.1 Å². The van der Waals surface area contributed by atoms with Crippen LogP contribution in [0.3, 0.4) is 0 Å². The normalized spacial score (nSPS) is 14.7. The lowest BCUT2D eigenvalue weighted by atomic mass is 10.0. The smallest absolute Gasteiger partial charge is 0.315 e. The number of fused-ring (bicyclic) bond motifs is 1. The zero-order valence-electron chi connectivity index (χ0n) is 14.2. The molecule has 0 spiro atoms. The molecular weight excluding hydrogens is 326 g/mol. The van der Waals surface area contributed by atoms with Gasteiger partial charge < -0.3 is 15.2 Å². The van der Waals surface area contributed by atoms with Crippen LogP contribution in [0.15, 0.2) is 24.4 Å². The molecule has 7 heteroatoms. The second-order valence-corrected chi connectivity index (χ2v) is 6.25. The molecular formula is C18H22F2N4O. The van der Waals surface area contributed by atoms with Gasteiger partial charge in [-0.3, -0.25) is 0 Å². The Balaban J connectivity index is 1.58. The molecule has 1 aromatic carbocycles. The first-order valence-electron chi connectivity index (χ1n) is 8.61. The molecule has 2 aromatic rings. The Hall–Kier alpha value is -2.44. The molecule has 5 nitrogen and oxygen atoms in total. The van der Waals surface area contributed by atoms with E-state index in [0.717, 1.165) is 43.4 Å². The summed E-state index contributed by atoms with van der Waals surface area (Å²) < 4.78 is 29.1. The maximum absolute atomic E-state index is 13.9. The quantitative estimate of drug-likeness (QED) is 0.869. The fraction of sp³-hybridized carbons (Fsp3) is 0.444. The number of aromatic nitrogens is 2. The van der Waals surface area contributed by atoms with Crippen LogP contribution in [0.25, 0.3) is 0 Å². The minimum Gasteiger partial charge on any atom is -0.335 e. The van der Waals surface area contributed by atoms with E-state index in [1.54, 1.807) is 0 Å². The molecule has 1 atom stereocenters. The molecule has 1 unspecified atom stereocenters. The minimum absolute atomic E-state index is 0.275. The Bertz CT molecular complexity index is 736. The van der Waals surface area contributed by atoms with Gasteiger partial charge in [0.1, 0.15) is 17.5 Å². The van der Waals surface area contributed by atoms with E-state index >= 15 is 0 Å². The van der Waals surface area contributed by atoms with E-state index in [2.05, 4.69) is 20.2 Å². The molecule has 0 bridgehead atoms. The second kappa shape index (κ2) is 7.63. The maximum Gasteiger partial charge on any atom is 0.315 e. The van der Waals surface area contributed by atoms with Crippen molar-refractivity contribution in [3.63, 3.8) is 0 Å². The lowest BCUT2D eigenvalue weighted by Crippen LogP contribution is -2.37. The molecule has 25 heavy (non-hydrogen) atoms. The van der Waals surface area contributed by atoms with Crippen molar-refractivity contribution in [2.45, 2.75) is 51.7 Å². The summed E-state index contributed by atoms with van der Waals surface area (Å²) in [6.07, 6.45) is 5.72. The van der Waals surface area contributed by atoms with Gasteiger partial charge in [-0.15, -0.1) is 0 Å². The van der Waals surface area contributed by atoms with Crippen molar-refractivity contribution in [1.29, 1.82) is 0 Å². The number of halogens is 2. The molecule has 2 amide bonds. The van der Waals surface area contributed by atoms with Gasteiger partial charge in [0, 0.05) is 30.8 Å². The SMILES string of the molecule is CCC(NC(=O)NCc1cn2c(n1)CCCC2)c1ccc(F)cc1F. The number of aryl methyl sites for hydroxylation is 2. The summed E-state index contributed by atoms with van der Waals surface area (Å²) >= 11 is 0. The van der Waals surface area contributed by atoms with Gasteiger partial charge in [-0.2, -0.15) is 0 Å². The molecule has 0 aliphatic carbocycles. The number of hydrogen-bond acceptors (Lipinski definition) is 2. The molecule has 1 aliphatic rings. The van der Waals surface area contributed by atoms with Crippen LogP contribution in [0.4, 0.5) is 13.6 Å². The summed E-state index contributed by atoms with van der Waals surface area (Å²) in [5.41, 5.74) is 1.09. The largest absolute Gasteiger partial charge is 0.335 e. The molecule has 0 saturated heterocycles. The molecule has 1 aromatic heterocycles. The summed E-state index contributed by atoms with van der Waals surface area (Å²) in [6, 6.07) is 2.46. The molecule has 0 saturated carbocycles. The molecule has 0 radical (unpaired) electrons. The van der Waals surface area contributed by atoms with Gasteiger partial charge in [-0.25, -0.2) is 18.6 Å². The zero-order valence-corrected chi connectivity index (χ0v) is 14.2. The lowest BCUT2D eigenvalue weighted by Gasteiger charge is -2.18. The first-order chi connectivity index (χ1) is 12.1. The second-order valence-electron chi connectivity index (χ2n) is 6.25. The maximum atomic E-state index is 13.9. The van der Waals surface area contributed by atoms with Crippen molar-refractivity contribution < 1.29 is 13.6 Å². The summed E-state index contributed by atoms with van der Waals surface area (Å²) in [4.78, 5) is 16.6. The van der Waals surface area contributed by atoms with Crippen molar-refractivity contribution in [2.75, 3.05) is 0 Å². The Morgan fingerprint density at radius 1 is 1.36 bits per heavy atom. The summed E-state index contributed by atoms with van der Waals surface area (Å²) in [6.45, 7) is 3.11. The number of carbonyl (C=O) groups is 1. The Labute approximate surface area is 145 Å². The molecule has 134 valence electrons. The standard InChI is InChI=1S/C18H22F2N4O/c1-2-16(14-7-6-12(19)9-15(14)20)23-18(25)21-10-13-11-24-8-4-3-5-17(24)22-13/h6-7,9,11,16H,2-5,8,10H2,1H3,(H2,21,23,25). The minimum atomic E-state index is -0.658. The van der Waals surface area contributed by atoms with Crippen molar-refractivity contribution in [1.82, 2.24) is 20.2 Å². The number of hydrogen-bond donors (Lipinski definition) is 2. The number of imidazole rings is 1. The van der Waals surface area contributed by atoms with Crippen LogP contribution < -0.4 is 10.6 Å². The van der Waals surface area contributed by atoms with Gasteiger partial charge >= 0.3 is 6.03 Å². The highest BCUT2D eigenvalue weighted by molar-refractivity contribution is 5.74. The fourth-order valence-electron chi connectivity index (χ4n) is 3.12. The molecule has 2 N–H and O–H groups in total. The predicted octanol–water partition coefficient (Wildman–Crippen LogP) is 3.45. The number of rotatable bonds is 5. The molecule has 2 heterocycles. The van der Waals surface area contributed by atoms with Gasteiger partial charge in [0.15, 0.2) is 0 Å². The van der Waals surface area contributed by atoms with E-state index in [9.17, 15) is 13.6 Å². The third-order valence-electron chi connectivity index (χ3n) is 4.44. The van der Waals surface area contributed by atoms with E-state index in [4.69, 9.17) is 0 Å². The van der Waals surface area contributed by atoms with Crippen LogP contribution >= 0.6 is 0 Å². The van der Waals surface area contributed by atoms with E-state index < -0.39 is 23.7 Å². The van der Waals surface area contributed by atoms with Crippen LogP contribution in [0.1, 0.15) is 49.3 Å². The average Bonchev–Trinajstić information content (AvgIpc) is 3.01. The van der Waals surface area contributed by atoms with Gasteiger partial charge in [0.25, 0.3) is 0 Å². The number of urea groups is 1. The lowest BCUT2D eigenvalue weighted by molar-refractivity contribution is 0.236. The predicted molar refractivity (Wildman–Crippen MR) is 89.9 cm³/mol. The van der Waals surface area contributed by atoms with Crippen LogP contribution in [-0.2, 0) is 19.5 Å². The molecule has 0 fully saturated rings. The van der Waals surface area contributed by atoms with Gasteiger partial charge in [0.05, 0.1) is 18.3 Å². The fourth-order valence-corrected chi connectivity index (χ4v) is 3.12. The molecule has 3 rings (SSSR count). The van der Waals surface area contributed by atoms with Gasteiger partial charge in [-0.1, -0.05) is 13.0 Å². The van der Waals surface area contributed by atoms with E-state index in [-0.39, 0.29) is 5.56 Å². The Morgan fingerprint density at radius 3 is 2.92 bits per heavy atom. The van der Waals surface area contributed by atoms with Gasteiger partial charge in [-0.05, 0) is 25.3 Å². The number of nitrogens with zero attached hydrogens (tertiary/aromatic N) is 2. The van der Waals surface area contributed by atoms with Crippen molar-refractivity contribution in [3.8, 4) is 0 Å². The summed E-state index contributed by atoms with van der Waals surface area (Å²) in [5, 5.41) is 5.48. The van der Waals surface area contributed by atoms with Crippen molar-refractivity contribution >= 4 is 6.03 Å². The van der Waals surface area contributed by atoms with Crippen LogP contribution in [0.5, 0.6) is 0 Å². The van der Waals surface area contributed by atoms with E-state index in [0.29, 0.717) is 13.0 Å². The Morgan fingerprint density at radius 2 is 2.20 bits per heavy atom. The summed E-state index contributed by atoms with van der Waals surface area (Å²) in [5.74, 6) is -0.235. The Kier molecular flexibility index (Phi) is 5.31. The van der Waals surface area contributed by atoms with Crippen LogP contribution in [0.2, 0.25) is 0 Å². The number of amides is 2. The molecule has 1 aliphatic heterocycles. The third kappa shape index (κ3) is 4.15. The monoisotopic (exact) mass is 348 g/mol. The highest BCUT2D eigenvalue weighted by atomic mass is 19.1. The van der Waals surface area contributed by atoms with E-state index in [1.807, 2.05) is 13.1 Å². The highest BCUT2D eigenvalue weighted by Gasteiger charge is 2.18. The topological polar surface area (TPSA) is 59.0 Å².